The Morgan fingerprint density at radius 3 is 1.88 bits per heavy atom. The van der Waals surface area contributed by atoms with Crippen LogP contribution in [0, 0.1) is 17.8 Å². The monoisotopic (exact) mass is 1270 g/mol. The Balaban J connectivity index is 0.000000422. The first-order valence-electron chi connectivity index (χ1n) is 30.8. The van der Waals surface area contributed by atoms with E-state index < -0.39 is 146 Å². The highest BCUT2D eigenvalue weighted by Crippen LogP contribution is 2.44. The topological polar surface area (TPSA) is 337 Å². The third kappa shape index (κ3) is 20.7. The maximum Gasteiger partial charge on any atom is 0.311 e. The van der Waals surface area contributed by atoms with E-state index in [2.05, 4.69) is 64.1 Å². The van der Waals surface area contributed by atoms with Gasteiger partial charge in [0.25, 0.3) is 0 Å². The molecule has 0 amide bonds. The normalized spacial score (nSPS) is 35.8. The Labute approximate surface area is 532 Å². The largest absolute Gasteiger partial charge is 0.481 e. The van der Waals surface area contributed by atoms with Crippen LogP contribution >= 0.6 is 11.6 Å². The number of aliphatic carboxylic acids is 1. The smallest absolute Gasteiger partial charge is 0.311 e. The van der Waals surface area contributed by atoms with Crippen molar-refractivity contribution in [2.45, 2.75) is 195 Å². The number of carbonyl (C=O) groups excluding carboxylic acids is 1. The van der Waals surface area contributed by atoms with Gasteiger partial charge in [0.1, 0.15) is 23.7 Å². The summed E-state index contributed by atoms with van der Waals surface area (Å²) in [6.07, 6.45) is 7.93. The lowest BCUT2D eigenvalue weighted by molar-refractivity contribution is -0.310. The number of halogens is 1. The van der Waals surface area contributed by atoms with Crippen LogP contribution in [0.3, 0.4) is 0 Å². The van der Waals surface area contributed by atoms with E-state index in [1.54, 1.807) is 44.3 Å². The number of fused-ring (bicyclic) bond motifs is 2. The summed E-state index contributed by atoms with van der Waals surface area (Å²) in [5.74, 6) is -6.82. The number of benzene rings is 3. The van der Waals surface area contributed by atoms with Gasteiger partial charge in [-0.3, -0.25) is 9.59 Å². The molecule has 0 radical (unpaired) electrons. The first-order chi connectivity index (χ1) is 42.9. The van der Waals surface area contributed by atoms with Crippen molar-refractivity contribution < 1.29 is 84.7 Å². The fourth-order valence-corrected chi connectivity index (χ4v) is 11.9. The van der Waals surface area contributed by atoms with Gasteiger partial charge in [-0.1, -0.05) is 177 Å². The lowest BCUT2D eigenvalue weighted by Gasteiger charge is -2.45. The van der Waals surface area contributed by atoms with Crippen LogP contribution in [0.2, 0.25) is 5.02 Å². The highest BCUT2D eigenvalue weighted by molar-refractivity contribution is 6.31. The predicted molar refractivity (Wildman–Crippen MR) is 339 cm³/mol. The maximum absolute atomic E-state index is 12.6. The fourth-order valence-electron chi connectivity index (χ4n) is 11.6. The number of hydrogen-bond acceptors (Lipinski definition) is 18. The molecule has 21 heteroatoms. The van der Waals surface area contributed by atoms with Crippen molar-refractivity contribution in [3.8, 4) is 0 Å². The SMILES string of the molecule is C[C@@H]1[C@H](O)[C@@H](C)/C=C/C=C/CC/C=C/C=C/C=C/C=C/[C@H](O[C@@H]2O[C@H](C)[C@@H](O)[C@H](N)[C@@H]2O)C[C@@H]2O[C@](O)(C[C@@H](O)[C@H](O)CC[C@@H](O)C[C@@H](O)C[C@@H](O)CC(=O)O[C@H]1C)C[C@H](O)[C@H]2C(=O)O.Clc1ccccc1C(c1ccccc1)(c1ccccc1)n1ccnc1. The van der Waals surface area contributed by atoms with E-state index in [0.717, 1.165) is 34.6 Å². The number of esters is 1. The van der Waals surface area contributed by atoms with Crippen molar-refractivity contribution in [1.82, 2.24) is 9.55 Å². The van der Waals surface area contributed by atoms with Gasteiger partial charge in [0.15, 0.2) is 12.1 Å². The number of nitrogens with two attached hydrogens (primary N) is 1. The number of rotatable bonds is 7. The molecule has 3 aliphatic rings. The lowest BCUT2D eigenvalue weighted by atomic mass is 9.76. The number of aliphatic hydroxyl groups excluding tert-OH is 9. The molecule has 19 atom stereocenters. The van der Waals surface area contributed by atoms with Gasteiger partial charge in [0, 0.05) is 54.1 Å². The molecule has 4 aromatic rings. The van der Waals surface area contributed by atoms with Crippen LogP contribution in [-0.4, -0.2) is 175 Å². The summed E-state index contributed by atoms with van der Waals surface area (Å²) in [5.41, 5.74) is 8.72. The number of allylic oxidation sites excluding steroid dienone is 10. The minimum absolute atomic E-state index is 0.138. The molecule has 90 heavy (non-hydrogen) atoms. The molecule has 2 bridgehead atoms. The molecule has 1 aromatic heterocycles. The molecule has 0 unspecified atom stereocenters. The zero-order chi connectivity index (χ0) is 65.5. The molecule has 3 aromatic carbocycles. The van der Waals surface area contributed by atoms with Gasteiger partial charge < -0.3 is 85.4 Å². The average molecular weight is 1270 g/mol. The highest BCUT2D eigenvalue weighted by atomic mass is 35.5. The van der Waals surface area contributed by atoms with E-state index in [1.165, 1.54) is 13.0 Å². The fraction of sp³-hybridized carbons (Fsp3) is 0.493. The van der Waals surface area contributed by atoms with E-state index in [9.17, 15) is 65.8 Å². The summed E-state index contributed by atoms with van der Waals surface area (Å²) < 4.78 is 25.3. The van der Waals surface area contributed by atoms with E-state index in [0.29, 0.717) is 0 Å². The number of aliphatic hydroxyl groups is 10. The average Bonchev–Trinajstić information content (AvgIpc) is 1.12. The summed E-state index contributed by atoms with van der Waals surface area (Å²) in [6, 6.07) is 27.7. The number of nitrogens with zero attached hydrogens (tertiary/aromatic N) is 2. The quantitative estimate of drug-likeness (QED) is 0.0712. The van der Waals surface area contributed by atoms with Crippen molar-refractivity contribution >= 4 is 23.5 Å². The van der Waals surface area contributed by atoms with Crippen LogP contribution < -0.4 is 5.73 Å². The van der Waals surface area contributed by atoms with E-state index in [1.807, 2.05) is 92.3 Å². The zero-order valence-corrected chi connectivity index (χ0v) is 52.2. The molecule has 3 aliphatic heterocycles. The van der Waals surface area contributed by atoms with Crippen molar-refractivity contribution in [3.63, 3.8) is 0 Å². The summed E-state index contributed by atoms with van der Waals surface area (Å²) in [6.45, 7) is 6.78. The Morgan fingerprint density at radius 1 is 0.678 bits per heavy atom. The standard InChI is InChI=1S/C47H75NO17.C22H17ClN2/c1-27-17-15-13-11-9-7-5-6-8-10-12-14-16-18-34(64-46-44(58)41(48)43(57)30(4)63-46)24-38-40(45(59)60)37(54)26-47(61,65-38)25-36(53)35(52)20-19-31(49)21-32(50)22-33(51)23-39(55)62-29(3)28(2)42(27)56;23-21-14-8-7-13-20(21)22(25-16-15-24-17-25,18-9-3-1-4-10-18)19-11-5-2-6-12-19/h5-6,8,10-18,27-38,40-44,46,49-54,56-58,61H,7,9,19-26,48H2,1-4H3,(H,59,60);1-17H/b6-5+,10-8+,13-11+,14-12+,17-15+,18-16+;/t27-,28-,29-,30+,31+,32+,33+,34-,35+,36+,37-,38-,40+,41-,42+,43+,44-,46-,47+;/m0./s1. The van der Waals surface area contributed by atoms with Crippen LogP contribution in [-0.2, 0) is 34.1 Å². The molecule has 0 spiro atoms. The van der Waals surface area contributed by atoms with Gasteiger partial charge in [-0.25, -0.2) is 4.98 Å². The second-order valence-electron chi connectivity index (χ2n) is 23.7. The van der Waals surface area contributed by atoms with Gasteiger partial charge in [-0.15, -0.1) is 0 Å². The molecule has 2 saturated heterocycles. The molecule has 492 valence electrons. The van der Waals surface area contributed by atoms with E-state index in [-0.39, 0.29) is 38.0 Å². The van der Waals surface area contributed by atoms with Crippen molar-refractivity contribution in [3.05, 3.63) is 198 Å². The minimum Gasteiger partial charge on any atom is -0.481 e. The summed E-state index contributed by atoms with van der Waals surface area (Å²) in [7, 11) is 0. The third-order valence-electron chi connectivity index (χ3n) is 16.8. The van der Waals surface area contributed by atoms with Gasteiger partial charge in [0.05, 0.1) is 85.9 Å². The zero-order valence-electron chi connectivity index (χ0n) is 51.4. The number of imidazole rings is 1. The number of hydrogen-bond donors (Lipinski definition) is 12. The van der Waals surface area contributed by atoms with E-state index in [4.69, 9.17) is 36.3 Å². The summed E-state index contributed by atoms with van der Waals surface area (Å²) in [4.78, 5) is 29.4. The van der Waals surface area contributed by atoms with Crippen molar-refractivity contribution in [2.24, 2.45) is 23.5 Å². The van der Waals surface area contributed by atoms with Gasteiger partial charge >= 0.3 is 11.9 Å². The van der Waals surface area contributed by atoms with Gasteiger partial charge in [0.2, 0.25) is 0 Å². The Hall–Kier alpha value is -6.02. The lowest BCUT2D eigenvalue weighted by Crippen LogP contribution is -2.61. The number of cyclic esters (lactones) is 1. The summed E-state index contributed by atoms with van der Waals surface area (Å²) in [5, 5.41) is 119. The number of aromatic nitrogens is 2. The van der Waals surface area contributed by atoms with E-state index >= 15 is 0 Å². The molecule has 4 heterocycles. The maximum atomic E-state index is 12.6. The second kappa shape index (κ2) is 35.7. The summed E-state index contributed by atoms with van der Waals surface area (Å²) >= 11 is 6.69. The molecule has 20 nitrogen and oxygen atoms in total. The Kier molecular flexibility index (Phi) is 29.0. The van der Waals surface area contributed by atoms with Crippen molar-refractivity contribution in [1.29, 1.82) is 0 Å². The van der Waals surface area contributed by atoms with Crippen LogP contribution in [0.5, 0.6) is 0 Å². The van der Waals surface area contributed by atoms with Crippen LogP contribution in [0.4, 0.5) is 0 Å². The number of carbonyl (C=O) groups is 2. The van der Waals surface area contributed by atoms with Gasteiger partial charge in [-0.05, 0) is 69.6 Å². The highest BCUT2D eigenvalue weighted by Gasteiger charge is 2.51. The predicted octanol–water partition coefficient (Wildman–Crippen LogP) is 6.31. The first kappa shape index (κ1) is 73.0. The molecular formula is C69H92ClN3O17. The number of ether oxygens (including phenoxy) is 4. The van der Waals surface area contributed by atoms with Crippen molar-refractivity contribution in [2.75, 3.05) is 0 Å². The second-order valence-corrected chi connectivity index (χ2v) is 24.1. The van der Waals surface area contributed by atoms with Crippen LogP contribution in [0.15, 0.2) is 177 Å². The Bertz CT molecular complexity index is 2930. The molecule has 0 saturated carbocycles. The van der Waals surface area contributed by atoms with Gasteiger partial charge in [-0.2, -0.15) is 0 Å². The molecular weight excluding hydrogens is 1180 g/mol. The molecule has 13 N–H and O–H groups in total. The molecule has 2 fully saturated rings. The molecule has 7 rings (SSSR count). The number of carboxylic acids is 1. The first-order valence-corrected chi connectivity index (χ1v) is 31.2. The van der Waals surface area contributed by atoms with Crippen LogP contribution in [0.1, 0.15) is 109 Å². The Morgan fingerprint density at radius 2 is 1.26 bits per heavy atom. The molecule has 0 aliphatic carbocycles. The minimum atomic E-state index is -2.35. The van der Waals surface area contributed by atoms with Crippen LogP contribution in [0.25, 0.3) is 0 Å². The number of carboxylic acid groups (broad SMARTS) is 1. The third-order valence-corrected chi connectivity index (χ3v) is 17.1.